The summed E-state index contributed by atoms with van der Waals surface area (Å²) in [6.07, 6.45) is 0. The summed E-state index contributed by atoms with van der Waals surface area (Å²) in [5, 5.41) is 9.57. The second-order valence-corrected chi connectivity index (χ2v) is 18.5. The Morgan fingerprint density at radius 1 is 0.296 bits per heavy atom. The van der Waals surface area contributed by atoms with Crippen LogP contribution >= 0.6 is 0 Å². The number of rotatable bonds is 8. The molecule has 0 aliphatic rings. The highest BCUT2D eigenvalue weighted by Crippen LogP contribution is 2.46. The van der Waals surface area contributed by atoms with E-state index in [1.165, 1.54) is 77.0 Å². The van der Waals surface area contributed by atoms with Gasteiger partial charge in [-0.25, -0.2) is 0 Å². The molecule has 0 unspecified atom stereocenters. The summed E-state index contributed by atoms with van der Waals surface area (Å²) < 4.78 is 9.19. The zero-order valence-corrected chi connectivity index (χ0v) is 38.7. The van der Waals surface area contributed by atoms with Crippen LogP contribution in [0.3, 0.4) is 0 Å². The summed E-state index contributed by atoms with van der Waals surface area (Å²) in [6.45, 7) is 0. The lowest BCUT2D eigenvalue weighted by Gasteiger charge is -2.26. The van der Waals surface area contributed by atoms with E-state index in [9.17, 15) is 0 Å². The maximum atomic E-state index is 6.82. The molecular weight excluding hydrogens is 861 g/mol. The maximum absolute atomic E-state index is 6.82. The van der Waals surface area contributed by atoms with Crippen molar-refractivity contribution in [1.29, 1.82) is 0 Å². The topological polar surface area (TPSA) is 21.3 Å². The van der Waals surface area contributed by atoms with Crippen LogP contribution in [0.5, 0.6) is 0 Å². The molecule has 0 saturated carbocycles. The molecular formula is C68H44N2O. The van der Waals surface area contributed by atoms with Gasteiger partial charge in [0, 0.05) is 38.6 Å². The van der Waals surface area contributed by atoms with Gasteiger partial charge in [0.1, 0.15) is 5.58 Å². The molecule has 14 rings (SSSR count). The lowest BCUT2D eigenvalue weighted by atomic mass is 9.97. The number of fused-ring (bicyclic) bond motifs is 9. The largest absolute Gasteiger partial charge is 0.454 e. The molecule has 14 aromatic rings. The quantitative estimate of drug-likeness (QED) is 0.151. The Kier molecular flexibility index (Phi) is 9.53. The second-order valence-electron chi connectivity index (χ2n) is 18.5. The summed E-state index contributed by atoms with van der Waals surface area (Å²) in [7, 11) is 0. The molecule has 332 valence electrons. The van der Waals surface area contributed by atoms with E-state index < -0.39 is 0 Å². The average molecular weight is 905 g/mol. The van der Waals surface area contributed by atoms with Gasteiger partial charge < -0.3 is 13.9 Å². The van der Waals surface area contributed by atoms with Crippen LogP contribution in [0.25, 0.3) is 115 Å². The molecule has 0 amide bonds. The van der Waals surface area contributed by atoms with E-state index in [-0.39, 0.29) is 0 Å². The third-order valence-corrected chi connectivity index (χ3v) is 14.4. The summed E-state index contributed by atoms with van der Waals surface area (Å²) in [4.78, 5) is 2.35. The third kappa shape index (κ3) is 6.97. The lowest BCUT2D eigenvalue weighted by Crippen LogP contribution is -2.10. The number of hydrogen-bond donors (Lipinski definition) is 0. The van der Waals surface area contributed by atoms with Crippen LogP contribution in [-0.2, 0) is 0 Å². The zero-order valence-electron chi connectivity index (χ0n) is 38.7. The van der Waals surface area contributed by atoms with Gasteiger partial charge in [-0.05, 0) is 139 Å². The number of anilines is 3. The van der Waals surface area contributed by atoms with E-state index in [2.05, 4.69) is 270 Å². The molecule has 0 fully saturated rings. The van der Waals surface area contributed by atoms with E-state index in [0.29, 0.717) is 0 Å². The Bertz CT molecular complexity index is 4300. The molecule has 0 atom stereocenters. The highest BCUT2D eigenvalue weighted by molar-refractivity contribution is 6.23. The number of furan rings is 1. The molecule has 2 aromatic heterocycles. The SMILES string of the molecule is c1ccc(-n2c3ccccc3c3cc(-c4ccc(-c5ccc(-c6ccc(N(c7ccc(-c8ccc9ccccc9c8)cc7)c7cc8ccccc8c8c7oc7ccccc78)cc6)cc5)cc4)ccc32)cc1. The first kappa shape index (κ1) is 40.6. The van der Waals surface area contributed by atoms with E-state index >= 15 is 0 Å². The molecule has 0 saturated heterocycles. The van der Waals surface area contributed by atoms with Crippen molar-refractivity contribution in [2.45, 2.75) is 0 Å². The lowest BCUT2D eigenvalue weighted by molar-refractivity contribution is 0.669. The minimum absolute atomic E-state index is 0.865. The smallest absolute Gasteiger partial charge is 0.160 e. The van der Waals surface area contributed by atoms with Gasteiger partial charge in [-0.2, -0.15) is 0 Å². The molecule has 0 N–H and O–H groups in total. The molecule has 0 spiro atoms. The monoisotopic (exact) mass is 904 g/mol. The highest BCUT2D eigenvalue weighted by Gasteiger charge is 2.22. The molecule has 71 heavy (non-hydrogen) atoms. The molecule has 3 heteroatoms. The Balaban J connectivity index is 0.788. The van der Waals surface area contributed by atoms with Crippen molar-refractivity contribution in [3.8, 4) is 50.2 Å². The molecule has 3 nitrogen and oxygen atoms in total. The van der Waals surface area contributed by atoms with Crippen LogP contribution in [0, 0.1) is 0 Å². The van der Waals surface area contributed by atoms with Crippen LogP contribution in [0.15, 0.2) is 271 Å². The molecule has 2 heterocycles. The number of benzene rings is 12. The van der Waals surface area contributed by atoms with Crippen molar-refractivity contribution in [2.24, 2.45) is 0 Å². The van der Waals surface area contributed by atoms with Gasteiger partial charge in [-0.1, -0.05) is 194 Å². The summed E-state index contributed by atoms with van der Waals surface area (Å²) in [6, 6.07) is 96.5. The minimum atomic E-state index is 0.865. The van der Waals surface area contributed by atoms with Gasteiger partial charge in [0.2, 0.25) is 0 Å². The van der Waals surface area contributed by atoms with Gasteiger partial charge in [-0.15, -0.1) is 0 Å². The number of hydrogen-bond acceptors (Lipinski definition) is 2. The van der Waals surface area contributed by atoms with Crippen LogP contribution in [0.2, 0.25) is 0 Å². The van der Waals surface area contributed by atoms with Crippen molar-refractivity contribution in [1.82, 2.24) is 4.57 Å². The number of para-hydroxylation sites is 3. The third-order valence-electron chi connectivity index (χ3n) is 14.4. The van der Waals surface area contributed by atoms with Crippen LogP contribution in [0.1, 0.15) is 0 Å². The van der Waals surface area contributed by atoms with E-state index in [1.807, 2.05) is 6.07 Å². The normalized spacial score (nSPS) is 11.7. The summed E-state index contributed by atoms with van der Waals surface area (Å²) in [5.41, 5.74) is 17.9. The van der Waals surface area contributed by atoms with E-state index in [1.54, 1.807) is 0 Å². The second kappa shape index (κ2) is 16.7. The first-order valence-electron chi connectivity index (χ1n) is 24.3. The zero-order chi connectivity index (χ0) is 46.8. The number of nitrogens with zero attached hydrogens (tertiary/aromatic N) is 2. The van der Waals surface area contributed by atoms with Gasteiger partial charge in [-0.3, -0.25) is 0 Å². The average Bonchev–Trinajstić information content (AvgIpc) is 4.00. The van der Waals surface area contributed by atoms with Crippen molar-refractivity contribution in [2.75, 3.05) is 4.90 Å². The van der Waals surface area contributed by atoms with Crippen molar-refractivity contribution in [3.63, 3.8) is 0 Å². The van der Waals surface area contributed by atoms with Gasteiger partial charge in [0.05, 0.1) is 16.7 Å². The van der Waals surface area contributed by atoms with Gasteiger partial charge >= 0.3 is 0 Å². The Hall–Kier alpha value is -9.44. The predicted octanol–water partition coefficient (Wildman–Crippen LogP) is 19.1. The van der Waals surface area contributed by atoms with Gasteiger partial charge in [0.25, 0.3) is 0 Å². The highest BCUT2D eigenvalue weighted by atomic mass is 16.3. The van der Waals surface area contributed by atoms with Crippen molar-refractivity contribution in [3.05, 3.63) is 267 Å². The molecule has 0 aliphatic carbocycles. The minimum Gasteiger partial charge on any atom is -0.454 e. The standard InChI is InChI=1S/C68H44N2O/c1-2-15-56(16-3-1)70-63-20-10-8-18-60(63)62-43-54(36-41-64(62)70)50-28-26-47(27-29-50)46-22-24-48(25-23-46)49-32-37-57(38-33-49)69(58-39-34-51(35-40-58)53-31-30-45-12-4-5-13-52(45)42-53)65-44-55-14-6-7-17-59(55)67-61-19-9-11-21-66(61)71-68(65)67/h1-44H. The number of aromatic nitrogens is 1. The summed E-state index contributed by atoms with van der Waals surface area (Å²) >= 11 is 0. The fourth-order valence-corrected chi connectivity index (χ4v) is 10.8. The van der Waals surface area contributed by atoms with Crippen LogP contribution < -0.4 is 4.90 Å². The maximum Gasteiger partial charge on any atom is 0.160 e. The predicted molar refractivity (Wildman–Crippen MR) is 299 cm³/mol. The molecule has 0 aliphatic heterocycles. The van der Waals surface area contributed by atoms with Gasteiger partial charge in [0.15, 0.2) is 5.58 Å². The van der Waals surface area contributed by atoms with Crippen LogP contribution in [-0.4, -0.2) is 4.57 Å². The van der Waals surface area contributed by atoms with Crippen molar-refractivity contribution >= 4 is 82.4 Å². The molecule has 0 bridgehead atoms. The van der Waals surface area contributed by atoms with Crippen LogP contribution in [0.4, 0.5) is 17.1 Å². The Morgan fingerprint density at radius 3 is 1.42 bits per heavy atom. The summed E-state index contributed by atoms with van der Waals surface area (Å²) in [5.74, 6) is 0. The van der Waals surface area contributed by atoms with E-state index in [0.717, 1.165) is 55.5 Å². The first-order valence-corrected chi connectivity index (χ1v) is 24.3. The molecule has 0 radical (unpaired) electrons. The van der Waals surface area contributed by atoms with E-state index in [4.69, 9.17) is 4.42 Å². The fraction of sp³-hybridized carbons (Fsp3) is 0. The Morgan fingerprint density at radius 2 is 0.761 bits per heavy atom. The first-order chi connectivity index (χ1) is 35.2. The fourth-order valence-electron chi connectivity index (χ4n) is 10.8. The Labute approximate surface area is 411 Å². The molecule has 12 aromatic carbocycles. The van der Waals surface area contributed by atoms with Crippen molar-refractivity contribution < 1.29 is 4.42 Å².